The summed E-state index contributed by atoms with van der Waals surface area (Å²) in [6.45, 7) is 9.22. The minimum atomic E-state index is -1.37. The summed E-state index contributed by atoms with van der Waals surface area (Å²) in [7, 11) is 0. The highest BCUT2D eigenvalue weighted by Crippen LogP contribution is 2.19. The Bertz CT molecular complexity index is 1620. The van der Waals surface area contributed by atoms with E-state index in [9.17, 15) is 49.4 Å². The zero-order valence-electron chi connectivity index (χ0n) is 29.8. The van der Waals surface area contributed by atoms with Gasteiger partial charge in [-0.1, -0.05) is 58.9 Å². The smallest absolute Gasteiger partial charge is 0.326 e. The first-order chi connectivity index (χ1) is 24.3. The van der Waals surface area contributed by atoms with E-state index in [1.54, 1.807) is 24.3 Å². The number of aliphatic carboxylic acids is 2. The van der Waals surface area contributed by atoms with Crippen LogP contribution in [-0.2, 0) is 30.4 Å². The molecule has 0 aliphatic rings. The largest absolute Gasteiger partial charge is 0.508 e. The van der Waals surface area contributed by atoms with Crippen LogP contribution in [0.2, 0.25) is 0 Å². The van der Waals surface area contributed by atoms with Crippen LogP contribution in [0.1, 0.15) is 65.9 Å². The number of nitro groups is 1. The van der Waals surface area contributed by atoms with Crippen LogP contribution in [0.3, 0.4) is 0 Å². The summed E-state index contributed by atoms with van der Waals surface area (Å²) in [5, 5.41) is 53.2. The van der Waals surface area contributed by atoms with Gasteiger partial charge in [-0.05, 0) is 72.6 Å². The van der Waals surface area contributed by atoms with Gasteiger partial charge in [0.15, 0.2) is 5.82 Å². The fourth-order valence-electron chi connectivity index (χ4n) is 4.80. The molecule has 0 saturated heterocycles. The highest BCUT2D eigenvalue weighted by atomic mass is 16.6. The Morgan fingerprint density at radius 1 is 0.769 bits per heavy atom. The van der Waals surface area contributed by atoms with E-state index in [1.807, 2.05) is 34.6 Å². The maximum absolute atomic E-state index is 13.2. The lowest BCUT2D eigenvalue weighted by Gasteiger charge is -2.22. The lowest BCUT2D eigenvalue weighted by molar-refractivity contribution is -0.403. The predicted octanol–water partition coefficient (Wildman–Crippen LogP) is 3.98. The second-order valence-corrected chi connectivity index (χ2v) is 13.8. The third-order valence-electron chi connectivity index (χ3n) is 7.19. The molecular weight excluding hydrogens is 676 g/mol. The van der Waals surface area contributed by atoms with Gasteiger partial charge in [0.25, 0.3) is 6.20 Å². The fourth-order valence-corrected chi connectivity index (χ4v) is 4.80. The summed E-state index contributed by atoms with van der Waals surface area (Å²) >= 11 is 0. The molecule has 0 aliphatic heterocycles. The first-order valence-corrected chi connectivity index (χ1v) is 16.6. The summed E-state index contributed by atoms with van der Waals surface area (Å²) in [6, 6.07) is 8.76. The molecule has 8 N–H and O–H groups in total. The van der Waals surface area contributed by atoms with E-state index >= 15 is 0 Å². The van der Waals surface area contributed by atoms with E-state index in [1.165, 1.54) is 36.4 Å². The second-order valence-electron chi connectivity index (χ2n) is 13.8. The van der Waals surface area contributed by atoms with Gasteiger partial charge in [-0.2, -0.15) is 0 Å². The van der Waals surface area contributed by atoms with E-state index < -0.39 is 52.7 Å². The molecule has 0 fully saturated rings. The van der Waals surface area contributed by atoms with Crippen LogP contribution >= 0.6 is 0 Å². The monoisotopic (exact) mass is 724 g/mol. The molecule has 0 heterocycles. The van der Waals surface area contributed by atoms with Gasteiger partial charge in [0.2, 0.25) is 17.7 Å². The average Bonchev–Trinajstić information content (AvgIpc) is 3.01. The molecule has 0 aromatic heterocycles. The molecule has 2 aromatic carbocycles. The van der Waals surface area contributed by atoms with Crippen LogP contribution in [0, 0.1) is 21.4 Å². The number of carboxylic acid groups (broad SMARTS) is 2. The molecule has 3 atom stereocenters. The number of hydrogen-bond acceptors (Lipinski definition) is 10. The number of carbonyl (C=O) groups is 5. The van der Waals surface area contributed by atoms with Gasteiger partial charge in [-0.3, -0.25) is 24.5 Å². The summed E-state index contributed by atoms with van der Waals surface area (Å²) in [5.41, 5.74) is 1.19. The normalized spacial score (nSPS) is 13.5. The number of nitrogens with one attached hydrogen (secondary N) is 5. The SMILES string of the molecule is CC(C)CC(NC(=O)Cc1ccc(N/C(=C\[N+](=O)[O-])Nc2ccc(O)cc2)cc1)C(=O)NC(C/C=C/CC(NC(=O)CC(C)(C)C)C(=O)O)C(=O)O. The number of phenols is 1. The number of benzene rings is 2. The molecular formula is C36H48N6O10. The van der Waals surface area contributed by atoms with E-state index in [-0.39, 0.29) is 55.0 Å². The van der Waals surface area contributed by atoms with Crippen LogP contribution < -0.4 is 26.6 Å². The minimum absolute atomic E-state index is 0.0347. The van der Waals surface area contributed by atoms with Crippen molar-refractivity contribution in [1.82, 2.24) is 16.0 Å². The number of carbonyl (C=O) groups excluding carboxylic acids is 3. The predicted molar refractivity (Wildman–Crippen MR) is 194 cm³/mol. The Labute approximate surface area is 301 Å². The van der Waals surface area contributed by atoms with Crippen LogP contribution in [-0.4, -0.2) is 68.0 Å². The van der Waals surface area contributed by atoms with Gasteiger partial charge in [0.05, 0.1) is 11.3 Å². The summed E-state index contributed by atoms with van der Waals surface area (Å²) in [6.07, 6.45) is 3.54. The van der Waals surface area contributed by atoms with Gasteiger partial charge < -0.3 is 41.9 Å². The Morgan fingerprint density at radius 2 is 1.25 bits per heavy atom. The zero-order chi connectivity index (χ0) is 39.0. The van der Waals surface area contributed by atoms with E-state index in [2.05, 4.69) is 26.6 Å². The molecule has 3 amide bonds. The number of hydrogen-bond donors (Lipinski definition) is 8. The molecule has 16 heteroatoms. The Hall–Kier alpha value is -5.93. The number of phenolic OH excluding ortho intramolecular Hbond substituents is 1. The number of aromatic hydroxyl groups is 1. The molecule has 2 aromatic rings. The first-order valence-electron chi connectivity index (χ1n) is 16.6. The topological polar surface area (TPSA) is 249 Å². The van der Waals surface area contributed by atoms with Gasteiger partial charge in [0, 0.05) is 17.8 Å². The maximum atomic E-state index is 13.2. The van der Waals surface area contributed by atoms with Crippen molar-refractivity contribution in [2.75, 3.05) is 10.6 Å². The van der Waals surface area contributed by atoms with Crippen molar-refractivity contribution in [2.24, 2.45) is 11.3 Å². The number of carboxylic acids is 2. The fraction of sp³-hybridized carbons (Fsp3) is 0.417. The highest BCUT2D eigenvalue weighted by Gasteiger charge is 2.27. The molecule has 16 nitrogen and oxygen atoms in total. The van der Waals surface area contributed by atoms with Crippen molar-refractivity contribution in [3.05, 3.63) is 88.4 Å². The van der Waals surface area contributed by atoms with Crippen molar-refractivity contribution < 1.29 is 44.2 Å². The minimum Gasteiger partial charge on any atom is -0.508 e. The van der Waals surface area contributed by atoms with Crippen molar-refractivity contribution in [3.8, 4) is 5.75 Å². The van der Waals surface area contributed by atoms with E-state index in [0.29, 0.717) is 16.9 Å². The van der Waals surface area contributed by atoms with Crippen LogP contribution in [0.5, 0.6) is 5.75 Å². The average molecular weight is 725 g/mol. The maximum Gasteiger partial charge on any atom is 0.326 e. The quantitative estimate of drug-likeness (QED) is 0.0418. The third kappa shape index (κ3) is 16.7. The Kier molecular flexibility index (Phi) is 16.3. The lowest BCUT2D eigenvalue weighted by atomic mass is 9.92. The molecule has 282 valence electrons. The zero-order valence-corrected chi connectivity index (χ0v) is 29.8. The number of nitrogens with zero attached hydrogens (tertiary/aromatic N) is 1. The highest BCUT2D eigenvalue weighted by molar-refractivity contribution is 5.91. The first kappa shape index (κ1) is 42.2. The van der Waals surface area contributed by atoms with Gasteiger partial charge in [-0.25, -0.2) is 9.59 Å². The van der Waals surface area contributed by atoms with Crippen molar-refractivity contribution in [2.45, 2.75) is 84.8 Å². The molecule has 2 rings (SSSR count). The third-order valence-corrected chi connectivity index (χ3v) is 7.19. The molecule has 3 unspecified atom stereocenters. The van der Waals surface area contributed by atoms with Gasteiger partial charge >= 0.3 is 11.9 Å². The van der Waals surface area contributed by atoms with E-state index in [4.69, 9.17) is 0 Å². The summed E-state index contributed by atoms with van der Waals surface area (Å²) < 4.78 is 0. The number of anilines is 2. The number of amides is 3. The molecule has 0 bridgehead atoms. The summed E-state index contributed by atoms with van der Waals surface area (Å²) in [4.78, 5) is 72.5. The summed E-state index contributed by atoms with van der Waals surface area (Å²) in [5.74, 6) is -4.15. The lowest BCUT2D eigenvalue weighted by Crippen LogP contribution is -2.52. The molecule has 0 spiro atoms. The molecule has 0 saturated carbocycles. The van der Waals surface area contributed by atoms with Crippen molar-refractivity contribution in [3.63, 3.8) is 0 Å². The van der Waals surface area contributed by atoms with Crippen LogP contribution in [0.4, 0.5) is 11.4 Å². The Balaban J connectivity index is 2.01. The second kappa shape index (κ2) is 20.1. The van der Waals surface area contributed by atoms with E-state index in [0.717, 1.165) is 6.20 Å². The molecule has 0 aliphatic carbocycles. The van der Waals surface area contributed by atoms with Crippen molar-refractivity contribution >= 4 is 41.0 Å². The van der Waals surface area contributed by atoms with Crippen molar-refractivity contribution in [1.29, 1.82) is 0 Å². The Morgan fingerprint density at radius 3 is 1.71 bits per heavy atom. The van der Waals surface area contributed by atoms with Crippen LogP contribution in [0.15, 0.2) is 72.7 Å². The van der Waals surface area contributed by atoms with Gasteiger partial charge in [0.1, 0.15) is 23.9 Å². The standard InChI is InChI=1S/C36H48N6O10/c1-22(2)18-29(33(46)41-28(35(49)50)9-7-6-8-27(34(47)48)39-32(45)20-36(3,4)5)40-31(44)19-23-10-12-24(13-11-23)37-30(21-42(51)52)38-25-14-16-26(43)17-15-25/h6-7,10-17,21-22,27-29,37-38,43H,8-9,18-20H2,1-5H3,(H,39,45)(H,40,44)(H,41,46)(H,47,48)(H,49,50)/b7-6+,30-21+. The van der Waals surface area contributed by atoms with Crippen LogP contribution in [0.25, 0.3) is 0 Å². The molecule has 0 radical (unpaired) electrons. The van der Waals surface area contributed by atoms with Gasteiger partial charge in [-0.15, -0.1) is 0 Å². The number of rotatable bonds is 20. The molecule has 52 heavy (non-hydrogen) atoms.